The van der Waals surface area contributed by atoms with Gasteiger partial charge in [-0.05, 0) is 38.2 Å². The molecule has 1 aromatic heterocycles. The molecule has 2 aromatic rings. The van der Waals surface area contributed by atoms with Crippen molar-refractivity contribution in [3.63, 3.8) is 0 Å². The van der Waals surface area contributed by atoms with Crippen LogP contribution < -0.4 is 5.32 Å². The van der Waals surface area contributed by atoms with Gasteiger partial charge in [-0.25, -0.2) is 0 Å². The molecule has 0 fully saturated rings. The van der Waals surface area contributed by atoms with Crippen LogP contribution >= 0.6 is 0 Å². The monoisotopic (exact) mass is 409 g/mol. The topological polar surface area (TPSA) is 63.1 Å². The van der Waals surface area contributed by atoms with Crippen molar-refractivity contribution in [2.24, 2.45) is 5.92 Å². The van der Waals surface area contributed by atoms with Crippen molar-refractivity contribution in [2.75, 3.05) is 19.6 Å². The second-order valence-corrected chi connectivity index (χ2v) is 8.64. The van der Waals surface area contributed by atoms with Gasteiger partial charge >= 0.3 is 0 Å². The number of allylic oxidation sites excluding steroid dienone is 2. The second kappa shape index (κ2) is 11.1. The fourth-order valence-corrected chi connectivity index (χ4v) is 3.95. The lowest BCUT2D eigenvalue weighted by Crippen LogP contribution is -2.32. The Hall–Kier alpha value is -2.47. The van der Waals surface area contributed by atoms with Gasteiger partial charge in [0.25, 0.3) is 0 Å². The minimum Gasteiger partial charge on any atom is -0.349 e. The molecule has 0 saturated heterocycles. The van der Waals surface area contributed by atoms with Crippen LogP contribution in [0, 0.1) is 5.92 Å². The standard InChI is InChI=1S/C24H35N5O/c1-19(2)8-7-9-20(3)18-28-13-12-22-26-27-23(29(22)15-14-28)17-25-24(30)16-21-10-5-4-6-11-21/h4-6,8,10-11,20H,7,9,12-18H2,1-3H3,(H,25,30)/t20-/m0/s1. The smallest absolute Gasteiger partial charge is 0.224 e. The average Bonchev–Trinajstić information content (AvgIpc) is 2.99. The van der Waals surface area contributed by atoms with E-state index in [9.17, 15) is 4.79 Å². The maximum Gasteiger partial charge on any atom is 0.224 e. The van der Waals surface area contributed by atoms with E-state index >= 15 is 0 Å². The molecule has 6 heteroatoms. The van der Waals surface area contributed by atoms with E-state index in [0.29, 0.717) is 18.9 Å². The summed E-state index contributed by atoms with van der Waals surface area (Å²) in [7, 11) is 0. The number of nitrogens with zero attached hydrogens (tertiary/aromatic N) is 4. The summed E-state index contributed by atoms with van der Waals surface area (Å²) in [6, 6.07) is 9.81. The number of carbonyl (C=O) groups excluding carboxylic acids is 1. The number of hydrogen-bond donors (Lipinski definition) is 1. The summed E-state index contributed by atoms with van der Waals surface area (Å²) in [4.78, 5) is 14.8. The van der Waals surface area contributed by atoms with Crippen molar-refractivity contribution in [3.8, 4) is 0 Å². The molecule has 1 aliphatic rings. The first kappa shape index (κ1) is 22.2. The number of amides is 1. The number of benzene rings is 1. The zero-order chi connectivity index (χ0) is 21.3. The molecule has 6 nitrogen and oxygen atoms in total. The molecular weight excluding hydrogens is 374 g/mol. The van der Waals surface area contributed by atoms with Crippen LogP contribution in [0.25, 0.3) is 0 Å². The van der Waals surface area contributed by atoms with Gasteiger partial charge in [0, 0.05) is 32.6 Å². The largest absolute Gasteiger partial charge is 0.349 e. The van der Waals surface area contributed by atoms with Crippen LogP contribution in [0.2, 0.25) is 0 Å². The van der Waals surface area contributed by atoms with Crippen molar-refractivity contribution in [1.29, 1.82) is 0 Å². The van der Waals surface area contributed by atoms with Crippen LogP contribution in [0.1, 0.15) is 50.8 Å². The quantitative estimate of drug-likeness (QED) is 0.645. The van der Waals surface area contributed by atoms with Crippen molar-refractivity contribution in [2.45, 2.75) is 59.5 Å². The van der Waals surface area contributed by atoms with Crippen LogP contribution in [0.3, 0.4) is 0 Å². The number of rotatable bonds is 9. The summed E-state index contributed by atoms with van der Waals surface area (Å²) >= 11 is 0. The molecule has 162 valence electrons. The number of fused-ring (bicyclic) bond motifs is 1. The first-order valence-corrected chi connectivity index (χ1v) is 11.1. The molecule has 1 amide bonds. The highest BCUT2D eigenvalue weighted by molar-refractivity contribution is 5.78. The van der Waals surface area contributed by atoms with Gasteiger partial charge in [0.1, 0.15) is 5.82 Å². The second-order valence-electron chi connectivity index (χ2n) is 8.64. The summed E-state index contributed by atoms with van der Waals surface area (Å²) in [5.41, 5.74) is 2.42. The van der Waals surface area contributed by atoms with Crippen molar-refractivity contribution >= 4 is 5.91 Å². The number of carbonyl (C=O) groups is 1. The molecule has 0 aliphatic carbocycles. The summed E-state index contributed by atoms with van der Waals surface area (Å²) in [6.45, 7) is 11.1. The summed E-state index contributed by atoms with van der Waals surface area (Å²) in [5.74, 6) is 2.58. The molecule has 3 rings (SSSR count). The van der Waals surface area contributed by atoms with Crippen molar-refractivity contribution in [1.82, 2.24) is 25.0 Å². The van der Waals surface area contributed by atoms with E-state index in [0.717, 1.165) is 56.2 Å². The van der Waals surface area contributed by atoms with Crippen molar-refractivity contribution < 1.29 is 4.79 Å². The van der Waals surface area contributed by atoms with Crippen molar-refractivity contribution in [3.05, 3.63) is 59.2 Å². The Balaban J connectivity index is 1.47. The molecule has 0 saturated carbocycles. The van der Waals surface area contributed by atoms with Gasteiger partial charge in [-0.15, -0.1) is 10.2 Å². The highest BCUT2D eigenvalue weighted by Crippen LogP contribution is 2.14. The van der Waals surface area contributed by atoms with Crippen LogP contribution in [-0.4, -0.2) is 45.2 Å². The van der Waals surface area contributed by atoms with E-state index in [1.165, 1.54) is 12.0 Å². The Morgan fingerprint density at radius 2 is 1.97 bits per heavy atom. The summed E-state index contributed by atoms with van der Waals surface area (Å²) in [6.07, 6.45) is 6.02. The maximum atomic E-state index is 12.3. The van der Waals surface area contributed by atoms with Gasteiger partial charge in [0.15, 0.2) is 5.82 Å². The van der Waals surface area contributed by atoms with E-state index in [-0.39, 0.29) is 5.91 Å². The maximum absolute atomic E-state index is 12.3. The molecule has 0 bridgehead atoms. The van der Waals surface area contributed by atoms with Gasteiger partial charge in [-0.2, -0.15) is 0 Å². The lowest BCUT2D eigenvalue weighted by molar-refractivity contribution is -0.120. The third-order valence-electron chi connectivity index (χ3n) is 5.63. The van der Waals surface area contributed by atoms with Gasteiger partial charge < -0.3 is 14.8 Å². The molecule has 0 radical (unpaired) electrons. The van der Waals surface area contributed by atoms with Gasteiger partial charge in [-0.1, -0.05) is 48.9 Å². The van der Waals surface area contributed by atoms with Gasteiger partial charge in [0.2, 0.25) is 5.91 Å². The first-order chi connectivity index (χ1) is 14.5. The molecule has 1 aromatic carbocycles. The van der Waals surface area contributed by atoms with E-state index in [2.05, 4.69) is 51.8 Å². The highest BCUT2D eigenvalue weighted by Gasteiger charge is 2.20. The molecule has 0 spiro atoms. The predicted molar refractivity (Wildman–Crippen MR) is 120 cm³/mol. The number of hydrogen-bond acceptors (Lipinski definition) is 4. The minimum atomic E-state index is 0.0130. The van der Waals surface area contributed by atoms with E-state index < -0.39 is 0 Å². The molecule has 2 heterocycles. The molecule has 1 N–H and O–H groups in total. The number of aromatic nitrogens is 3. The van der Waals surface area contributed by atoms with E-state index in [1.807, 2.05) is 30.3 Å². The highest BCUT2D eigenvalue weighted by atomic mass is 16.1. The van der Waals surface area contributed by atoms with Gasteiger partial charge in [0.05, 0.1) is 13.0 Å². The molecule has 0 unspecified atom stereocenters. The fourth-order valence-electron chi connectivity index (χ4n) is 3.95. The van der Waals surface area contributed by atoms with Crippen LogP contribution in [0.4, 0.5) is 0 Å². The molecule has 1 aliphatic heterocycles. The summed E-state index contributed by atoms with van der Waals surface area (Å²) in [5, 5.41) is 11.7. The lowest BCUT2D eigenvalue weighted by Gasteiger charge is -2.23. The fraction of sp³-hybridized carbons (Fsp3) is 0.542. The minimum absolute atomic E-state index is 0.0130. The van der Waals surface area contributed by atoms with E-state index in [4.69, 9.17) is 0 Å². The Kier molecular flexibility index (Phi) is 8.20. The SMILES string of the molecule is CC(C)=CCC[C@H](C)CN1CCc2nnc(CNC(=O)Cc3ccccc3)n2CC1. The van der Waals surface area contributed by atoms with Crippen LogP contribution in [0.15, 0.2) is 42.0 Å². The van der Waals surface area contributed by atoms with Crippen LogP contribution in [0.5, 0.6) is 0 Å². The Bertz CT molecular complexity index is 839. The third-order valence-corrected chi connectivity index (χ3v) is 5.63. The summed E-state index contributed by atoms with van der Waals surface area (Å²) < 4.78 is 2.19. The normalized spacial score (nSPS) is 15.2. The predicted octanol–water partition coefficient (Wildman–Crippen LogP) is 3.38. The lowest BCUT2D eigenvalue weighted by atomic mass is 10.0. The average molecular weight is 410 g/mol. The Morgan fingerprint density at radius 3 is 2.73 bits per heavy atom. The first-order valence-electron chi connectivity index (χ1n) is 11.1. The molecule has 30 heavy (non-hydrogen) atoms. The van der Waals surface area contributed by atoms with Crippen LogP contribution in [-0.2, 0) is 30.7 Å². The Morgan fingerprint density at radius 1 is 1.17 bits per heavy atom. The van der Waals surface area contributed by atoms with Gasteiger partial charge in [-0.3, -0.25) is 4.79 Å². The van der Waals surface area contributed by atoms with E-state index in [1.54, 1.807) is 0 Å². The Labute approximate surface area is 180 Å². The molecule has 1 atom stereocenters. The third kappa shape index (κ3) is 6.80. The number of nitrogens with one attached hydrogen (secondary N) is 1. The zero-order valence-corrected chi connectivity index (χ0v) is 18.6. The zero-order valence-electron chi connectivity index (χ0n) is 18.6. The molecular formula is C24H35N5O.